The highest BCUT2D eigenvalue weighted by Gasteiger charge is 2.24. The summed E-state index contributed by atoms with van der Waals surface area (Å²) in [5.74, 6) is -2.51. The second-order valence-corrected chi connectivity index (χ2v) is 9.46. The Kier molecular flexibility index (Phi) is 11.0. The van der Waals surface area contributed by atoms with Crippen LogP contribution in [0.5, 0.6) is 0 Å². The number of esters is 2. The summed E-state index contributed by atoms with van der Waals surface area (Å²) in [7, 11) is 3.56. The van der Waals surface area contributed by atoms with Crippen molar-refractivity contribution in [3.05, 3.63) is 67.8 Å². The van der Waals surface area contributed by atoms with E-state index in [9.17, 15) is 39.4 Å². The number of nitro benzene ring substituents is 2. The van der Waals surface area contributed by atoms with E-state index in [0.717, 1.165) is 33.7 Å². The first-order valence-electron chi connectivity index (χ1n) is 10.5. The van der Waals surface area contributed by atoms with E-state index in [1.165, 1.54) is 38.2 Å². The zero-order chi connectivity index (χ0) is 27.5. The fraction of sp³-hybridized carbons (Fsp3) is 0.273. The van der Waals surface area contributed by atoms with Crippen molar-refractivity contribution >= 4 is 56.6 Å². The molecule has 1 N–H and O–H groups in total. The van der Waals surface area contributed by atoms with Crippen LogP contribution in [0, 0.1) is 20.2 Å². The van der Waals surface area contributed by atoms with Gasteiger partial charge in [0.05, 0.1) is 22.9 Å². The van der Waals surface area contributed by atoms with Crippen molar-refractivity contribution in [2.24, 2.45) is 0 Å². The molecule has 0 aliphatic rings. The average molecular weight is 552 g/mol. The van der Waals surface area contributed by atoms with Crippen LogP contribution < -0.4 is 5.32 Å². The molecule has 0 aliphatic carbocycles. The zero-order valence-electron chi connectivity index (χ0n) is 19.6. The second kappa shape index (κ2) is 13.9. The van der Waals surface area contributed by atoms with Crippen LogP contribution in [-0.2, 0) is 19.1 Å². The Labute approximate surface area is 218 Å². The van der Waals surface area contributed by atoms with Crippen LogP contribution in [0.2, 0.25) is 0 Å². The van der Waals surface area contributed by atoms with Gasteiger partial charge in [0, 0.05) is 35.4 Å². The van der Waals surface area contributed by atoms with Crippen molar-refractivity contribution in [1.29, 1.82) is 0 Å². The summed E-state index contributed by atoms with van der Waals surface area (Å²) in [5, 5.41) is 25.0. The number of amides is 1. The predicted molar refractivity (Wildman–Crippen MR) is 132 cm³/mol. The van der Waals surface area contributed by atoms with Gasteiger partial charge in [-0.05, 0) is 31.2 Å². The minimum Gasteiger partial charge on any atom is -0.461 e. The lowest BCUT2D eigenvalue weighted by molar-refractivity contribution is -0.385. The smallest absolute Gasteiger partial charge is 0.345 e. The van der Waals surface area contributed by atoms with Crippen LogP contribution in [0.25, 0.3) is 0 Å². The van der Waals surface area contributed by atoms with Gasteiger partial charge in [0.25, 0.3) is 11.4 Å². The summed E-state index contributed by atoms with van der Waals surface area (Å²) in [6, 6.07) is 7.58. The largest absolute Gasteiger partial charge is 0.461 e. The zero-order valence-corrected chi connectivity index (χ0v) is 21.2. The van der Waals surface area contributed by atoms with Crippen molar-refractivity contribution < 1.29 is 38.5 Å². The van der Waals surface area contributed by atoms with Crippen LogP contribution >= 0.6 is 21.6 Å². The molecule has 0 bridgehead atoms. The van der Waals surface area contributed by atoms with Crippen molar-refractivity contribution in [1.82, 2.24) is 5.32 Å². The number of ketones is 1. The highest BCUT2D eigenvalue weighted by Crippen LogP contribution is 2.40. The monoisotopic (exact) mass is 551 g/mol. The maximum atomic E-state index is 12.4. The number of hydrogen-bond acceptors (Lipinski definition) is 12. The molecule has 0 saturated heterocycles. The minimum absolute atomic E-state index is 0.0272. The van der Waals surface area contributed by atoms with Crippen LogP contribution in [0.15, 0.2) is 46.2 Å². The number of ether oxygens (including phenoxy) is 2. The van der Waals surface area contributed by atoms with Crippen LogP contribution in [0.4, 0.5) is 11.4 Å². The van der Waals surface area contributed by atoms with Crippen LogP contribution in [0.1, 0.15) is 40.5 Å². The lowest BCUT2D eigenvalue weighted by Gasteiger charge is -2.08. The summed E-state index contributed by atoms with van der Waals surface area (Å²) in [6.07, 6.45) is -0.138. The summed E-state index contributed by atoms with van der Waals surface area (Å²) in [6.45, 7) is 0.830. The van der Waals surface area contributed by atoms with Gasteiger partial charge in [-0.3, -0.25) is 29.8 Å². The van der Waals surface area contributed by atoms with Gasteiger partial charge in [-0.1, -0.05) is 21.6 Å². The molecule has 15 heteroatoms. The molecule has 0 heterocycles. The lowest BCUT2D eigenvalue weighted by Crippen LogP contribution is -2.20. The third-order valence-corrected chi connectivity index (χ3v) is 6.91. The normalized spacial score (nSPS) is 10.3. The fourth-order valence-corrected chi connectivity index (χ4v) is 4.65. The lowest BCUT2D eigenvalue weighted by atomic mass is 10.2. The molecule has 0 saturated carbocycles. The number of rotatable bonds is 13. The van der Waals surface area contributed by atoms with Gasteiger partial charge in [-0.15, -0.1) is 0 Å². The number of Topliss-reactive ketones (excluding diaryl/α,β-unsaturated/α-hetero) is 1. The molecule has 0 spiro atoms. The first-order valence-corrected chi connectivity index (χ1v) is 12.6. The van der Waals surface area contributed by atoms with E-state index in [1.807, 2.05) is 0 Å². The van der Waals surface area contributed by atoms with Gasteiger partial charge in [-0.25, -0.2) is 9.59 Å². The van der Waals surface area contributed by atoms with E-state index in [4.69, 9.17) is 9.47 Å². The highest BCUT2D eigenvalue weighted by atomic mass is 33.1. The summed E-state index contributed by atoms with van der Waals surface area (Å²) in [4.78, 5) is 69.1. The maximum Gasteiger partial charge on any atom is 0.345 e. The molecule has 0 aromatic heterocycles. The molecule has 0 atom stereocenters. The number of carbonyl (C=O) groups excluding carboxylic acids is 4. The van der Waals surface area contributed by atoms with Crippen LogP contribution in [0.3, 0.4) is 0 Å². The van der Waals surface area contributed by atoms with Gasteiger partial charge >= 0.3 is 11.9 Å². The third kappa shape index (κ3) is 8.88. The fourth-order valence-electron chi connectivity index (χ4n) is 2.68. The van der Waals surface area contributed by atoms with E-state index >= 15 is 0 Å². The molecule has 2 rings (SSSR count). The van der Waals surface area contributed by atoms with Crippen LogP contribution in [-0.4, -0.2) is 53.7 Å². The Hall–Kier alpha value is -3.98. The molecule has 2 aromatic carbocycles. The molecular formula is C22H21N3O10S2. The number of nitrogens with zero attached hydrogens (tertiary/aromatic N) is 2. The quantitative estimate of drug-likeness (QED) is 0.165. The third-order valence-electron chi connectivity index (χ3n) is 4.53. The Morgan fingerprint density at radius 3 is 1.62 bits per heavy atom. The van der Waals surface area contributed by atoms with E-state index in [0.29, 0.717) is 9.79 Å². The van der Waals surface area contributed by atoms with Gasteiger partial charge in [0.2, 0.25) is 5.91 Å². The van der Waals surface area contributed by atoms with Gasteiger partial charge in [0.15, 0.2) is 0 Å². The molecule has 0 fully saturated rings. The van der Waals surface area contributed by atoms with Gasteiger partial charge in [-0.2, -0.15) is 0 Å². The molecule has 196 valence electrons. The Balaban J connectivity index is 2.20. The predicted octanol–water partition coefficient (Wildman–Crippen LogP) is 3.73. The van der Waals surface area contributed by atoms with Gasteiger partial charge in [0.1, 0.15) is 23.5 Å². The molecular weight excluding hydrogens is 530 g/mol. The first-order chi connectivity index (χ1) is 17.5. The Bertz CT molecular complexity index is 1240. The van der Waals surface area contributed by atoms with E-state index in [1.54, 1.807) is 0 Å². The van der Waals surface area contributed by atoms with Crippen molar-refractivity contribution in [3.8, 4) is 0 Å². The summed E-state index contributed by atoms with van der Waals surface area (Å²) >= 11 is 0. The van der Waals surface area contributed by atoms with Crippen molar-refractivity contribution in [2.45, 2.75) is 29.6 Å². The topological polar surface area (TPSA) is 185 Å². The molecule has 1 amide bonds. The first kappa shape index (κ1) is 29.3. The number of carbonyl (C=O) groups is 4. The number of nitrogens with one attached hydrogen (secondary N) is 1. The molecule has 13 nitrogen and oxygen atoms in total. The highest BCUT2D eigenvalue weighted by molar-refractivity contribution is 8.76. The van der Waals surface area contributed by atoms with E-state index in [2.05, 4.69) is 5.32 Å². The minimum atomic E-state index is -0.978. The SMILES string of the molecule is CNC(=O)CCOC(=O)c1cc(SSc2ccc([N+](=O)[O-])c(C(=O)OCCC(C)=O)c2)ccc1[N+](=O)[O-]. The summed E-state index contributed by atoms with van der Waals surface area (Å²) < 4.78 is 9.94. The molecule has 0 aliphatic heterocycles. The van der Waals surface area contributed by atoms with Gasteiger partial charge < -0.3 is 14.8 Å². The Morgan fingerprint density at radius 1 is 0.811 bits per heavy atom. The molecule has 0 unspecified atom stereocenters. The standard InChI is InChI=1S/C22H21N3O10S2/c1-13(26)7-9-34-21(28)16-11-14(3-5-18(16)24(30)31)36-37-15-4-6-19(25(32)33)17(12-15)22(29)35-10-8-20(27)23-2/h3-6,11-12H,7-10H2,1-2H3,(H,23,27). The molecule has 37 heavy (non-hydrogen) atoms. The average Bonchev–Trinajstić information content (AvgIpc) is 2.86. The number of hydrogen-bond donors (Lipinski definition) is 1. The van der Waals surface area contributed by atoms with E-state index in [-0.39, 0.29) is 48.9 Å². The Morgan fingerprint density at radius 2 is 1.24 bits per heavy atom. The summed E-state index contributed by atoms with van der Waals surface area (Å²) in [5.41, 5.74) is -1.57. The van der Waals surface area contributed by atoms with Crippen molar-refractivity contribution in [2.75, 3.05) is 20.3 Å². The maximum absolute atomic E-state index is 12.4. The van der Waals surface area contributed by atoms with E-state index < -0.39 is 33.2 Å². The molecule has 2 aromatic rings. The number of nitro groups is 2. The second-order valence-electron chi connectivity index (χ2n) is 7.19. The number of benzene rings is 2. The molecule has 0 radical (unpaired) electrons. The van der Waals surface area contributed by atoms with Crippen molar-refractivity contribution in [3.63, 3.8) is 0 Å².